The van der Waals surface area contributed by atoms with Crippen molar-refractivity contribution < 1.29 is 14.3 Å². The average molecular weight is 296 g/mol. The lowest BCUT2D eigenvalue weighted by molar-refractivity contribution is -0.111. The summed E-state index contributed by atoms with van der Waals surface area (Å²) >= 11 is 0. The quantitative estimate of drug-likeness (QED) is 0.611. The van der Waals surface area contributed by atoms with E-state index in [2.05, 4.69) is 6.58 Å². The number of carbonyl (C=O) groups excluding carboxylic acids is 2. The molecule has 0 aromatic heterocycles. The minimum absolute atomic E-state index is 0.0572. The van der Waals surface area contributed by atoms with Gasteiger partial charge in [0.05, 0.1) is 12.7 Å². The third-order valence-corrected chi connectivity index (χ3v) is 3.79. The van der Waals surface area contributed by atoms with Crippen LogP contribution in [0, 0.1) is 5.41 Å². The van der Waals surface area contributed by atoms with E-state index in [1.165, 1.54) is 6.08 Å². The monoisotopic (exact) mass is 296 g/mol. The summed E-state index contributed by atoms with van der Waals surface area (Å²) in [5.41, 5.74) is 1.23. The first kappa shape index (κ1) is 16.0. The number of ketones is 2. The fourth-order valence-electron chi connectivity index (χ4n) is 2.81. The van der Waals surface area contributed by atoms with Gasteiger partial charge in [0.25, 0.3) is 0 Å². The highest BCUT2D eigenvalue weighted by molar-refractivity contribution is 6.13. The zero-order valence-corrected chi connectivity index (χ0v) is 13.2. The van der Waals surface area contributed by atoms with E-state index in [9.17, 15) is 9.59 Å². The SMILES string of the molecule is C=CC(=O)C1=C(OC)C(C)(C)CC(C(=O)c2ccccc2)=C1. The molecule has 0 amide bonds. The zero-order valence-electron chi connectivity index (χ0n) is 13.2. The number of rotatable bonds is 5. The van der Waals surface area contributed by atoms with Gasteiger partial charge in [-0.15, -0.1) is 0 Å². The maximum atomic E-state index is 12.7. The molecule has 1 aliphatic rings. The summed E-state index contributed by atoms with van der Waals surface area (Å²) in [6.07, 6.45) is 3.41. The molecule has 1 aliphatic carbocycles. The summed E-state index contributed by atoms with van der Waals surface area (Å²) in [6.45, 7) is 7.46. The lowest BCUT2D eigenvalue weighted by Gasteiger charge is -2.32. The summed E-state index contributed by atoms with van der Waals surface area (Å²) in [5.74, 6) is 0.309. The molecule has 22 heavy (non-hydrogen) atoms. The number of carbonyl (C=O) groups is 2. The van der Waals surface area contributed by atoms with Gasteiger partial charge in [-0.3, -0.25) is 9.59 Å². The van der Waals surface area contributed by atoms with Gasteiger partial charge >= 0.3 is 0 Å². The van der Waals surface area contributed by atoms with Crippen molar-refractivity contribution in [3.05, 3.63) is 71.5 Å². The van der Waals surface area contributed by atoms with Crippen LogP contribution in [0.15, 0.2) is 66.0 Å². The van der Waals surface area contributed by atoms with Gasteiger partial charge in [0.2, 0.25) is 0 Å². The number of allylic oxidation sites excluding steroid dienone is 5. The Morgan fingerprint density at radius 2 is 1.86 bits per heavy atom. The summed E-state index contributed by atoms with van der Waals surface area (Å²) < 4.78 is 5.43. The standard InChI is InChI=1S/C19H20O3/c1-5-16(20)15-11-14(12-19(2,3)18(15)22-4)17(21)13-9-7-6-8-10-13/h5-11H,1,12H2,2-4H3. The minimum Gasteiger partial charge on any atom is -0.500 e. The van der Waals surface area contributed by atoms with Crippen LogP contribution in [0.3, 0.4) is 0 Å². The number of benzene rings is 1. The molecular weight excluding hydrogens is 276 g/mol. The first-order valence-corrected chi connectivity index (χ1v) is 7.16. The van der Waals surface area contributed by atoms with Crippen LogP contribution in [0.25, 0.3) is 0 Å². The third-order valence-electron chi connectivity index (χ3n) is 3.79. The van der Waals surface area contributed by atoms with Gasteiger partial charge < -0.3 is 4.74 Å². The third kappa shape index (κ3) is 2.93. The van der Waals surface area contributed by atoms with Crippen LogP contribution in [0.1, 0.15) is 30.6 Å². The maximum absolute atomic E-state index is 12.7. The second-order valence-electron chi connectivity index (χ2n) is 5.94. The molecule has 0 bridgehead atoms. The highest BCUT2D eigenvalue weighted by Crippen LogP contribution is 2.41. The van der Waals surface area contributed by atoms with Crippen LogP contribution in [-0.4, -0.2) is 18.7 Å². The lowest BCUT2D eigenvalue weighted by atomic mass is 9.75. The molecule has 0 unspecified atom stereocenters. The Balaban J connectivity index is 2.52. The Hall–Kier alpha value is -2.42. The van der Waals surface area contributed by atoms with Crippen LogP contribution < -0.4 is 0 Å². The predicted molar refractivity (Wildman–Crippen MR) is 86.5 cm³/mol. The van der Waals surface area contributed by atoms with Gasteiger partial charge in [0.15, 0.2) is 11.6 Å². The van der Waals surface area contributed by atoms with E-state index in [-0.39, 0.29) is 11.6 Å². The van der Waals surface area contributed by atoms with Crippen molar-refractivity contribution in [2.24, 2.45) is 5.41 Å². The lowest BCUT2D eigenvalue weighted by Crippen LogP contribution is -2.26. The van der Waals surface area contributed by atoms with Gasteiger partial charge in [-0.1, -0.05) is 50.8 Å². The summed E-state index contributed by atoms with van der Waals surface area (Å²) in [4.78, 5) is 24.8. The summed E-state index contributed by atoms with van der Waals surface area (Å²) in [5, 5.41) is 0. The van der Waals surface area contributed by atoms with Crippen molar-refractivity contribution in [3.63, 3.8) is 0 Å². The van der Waals surface area contributed by atoms with Gasteiger partial charge in [-0.2, -0.15) is 0 Å². The Bertz CT molecular complexity index is 676. The highest BCUT2D eigenvalue weighted by Gasteiger charge is 2.35. The zero-order chi connectivity index (χ0) is 16.3. The Kier molecular flexibility index (Phi) is 4.45. The molecule has 0 saturated heterocycles. The van der Waals surface area contributed by atoms with E-state index in [1.54, 1.807) is 25.3 Å². The van der Waals surface area contributed by atoms with Gasteiger partial charge in [0, 0.05) is 16.6 Å². The van der Waals surface area contributed by atoms with Crippen molar-refractivity contribution in [1.29, 1.82) is 0 Å². The van der Waals surface area contributed by atoms with Crippen molar-refractivity contribution in [2.45, 2.75) is 20.3 Å². The highest BCUT2D eigenvalue weighted by atomic mass is 16.5. The molecule has 114 valence electrons. The number of ether oxygens (including phenoxy) is 1. The molecule has 3 heteroatoms. The van der Waals surface area contributed by atoms with E-state index >= 15 is 0 Å². The number of hydrogen-bond acceptors (Lipinski definition) is 3. The fourth-order valence-corrected chi connectivity index (χ4v) is 2.81. The smallest absolute Gasteiger partial charge is 0.189 e. The molecule has 0 atom stereocenters. The van der Waals surface area contributed by atoms with E-state index in [0.29, 0.717) is 28.9 Å². The van der Waals surface area contributed by atoms with Crippen molar-refractivity contribution >= 4 is 11.6 Å². The van der Waals surface area contributed by atoms with Crippen molar-refractivity contribution in [1.82, 2.24) is 0 Å². The van der Waals surface area contributed by atoms with Crippen LogP contribution >= 0.6 is 0 Å². The summed E-state index contributed by atoms with van der Waals surface area (Å²) in [6, 6.07) is 9.08. The fraction of sp³-hybridized carbons (Fsp3) is 0.263. The number of methoxy groups -OCH3 is 1. The Morgan fingerprint density at radius 1 is 1.23 bits per heavy atom. The van der Waals surface area contributed by atoms with Crippen LogP contribution in [0.2, 0.25) is 0 Å². The largest absolute Gasteiger partial charge is 0.500 e. The van der Waals surface area contributed by atoms with E-state index in [0.717, 1.165) is 0 Å². The van der Waals surface area contributed by atoms with Crippen LogP contribution in [0.4, 0.5) is 0 Å². The van der Waals surface area contributed by atoms with Gasteiger partial charge in [0.1, 0.15) is 5.76 Å². The molecule has 0 radical (unpaired) electrons. The topological polar surface area (TPSA) is 43.4 Å². The average Bonchev–Trinajstić information content (AvgIpc) is 2.52. The second kappa shape index (κ2) is 6.14. The Labute approximate surface area is 131 Å². The first-order valence-electron chi connectivity index (χ1n) is 7.16. The number of hydrogen-bond donors (Lipinski definition) is 0. The van der Waals surface area contributed by atoms with Crippen LogP contribution in [-0.2, 0) is 9.53 Å². The molecule has 3 nitrogen and oxygen atoms in total. The molecule has 0 aliphatic heterocycles. The Morgan fingerprint density at radius 3 is 2.41 bits per heavy atom. The predicted octanol–water partition coefficient (Wildman–Crippen LogP) is 3.88. The molecule has 0 N–H and O–H groups in total. The molecule has 0 heterocycles. The number of Topliss-reactive ketones (excluding diaryl/α,β-unsaturated/α-hetero) is 1. The molecule has 2 rings (SSSR count). The molecule has 0 saturated carbocycles. The minimum atomic E-state index is -0.419. The molecule has 0 fully saturated rings. The molecule has 1 aromatic carbocycles. The van der Waals surface area contributed by atoms with Gasteiger partial charge in [-0.25, -0.2) is 0 Å². The summed E-state index contributed by atoms with van der Waals surface area (Å²) in [7, 11) is 1.55. The normalized spacial score (nSPS) is 16.8. The first-order chi connectivity index (χ1) is 10.4. The van der Waals surface area contributed by atoms with Crippen molar-refractivity contribution in [3.8, 4) is 0 Å². The maximum Gasteiger partial charge on any atom is 0.189 e. The molecule has 0 spiro atoms. The van der Waals surface area contributed by atoms with E-state index in [1.807, 2.05) is 32.0 Å². The van der Waals surface area contributed by atoms with E-state index < -0.39 is 5.41 Å². The van der Waals surface area contributed by atoms with Crippen LogP contribution in [0.5, 0.6) is 0 Å². The van der Waals surface area contributed by atoms with Gasteiger partial charge in [-0.05, 0) is 18.6 Å². The molecular formula is C19H20O3. The second-order valence-corrected chi connectivity index (χ2v) is 5.94. The molecule has 1 aromatic rings. The van der Waals surface area contributed by atoms with Crippen molar-refractivity contribution in [2.75, 3.05) is 7.11 Å². The van der Waals surface area contributed by atoms with E-state index in [4.69, 9.17) is 4.74 Å².